The van der Waals surface area contributed by atoms with Crippen LogP contribution in [0.1, 0.15) is 10.6 Å². The summed E-state index contributed by atoms with van der Waals surface area (Å²) in [4.78, 5) is 16.8. The number of fused-ring (bicyclic) bond motifs is 1. The van der Waals surface area contributed by atoms with Gasteiger partial charge in [-0.15, -0.1) is 11.3 Å². The minimum absolute atomic E-state index is 0.193. The lowest BCUT2D eigenvalue weighted by molar-refractivity contribution is 0.0506. The van der Waals surface area contributed by atoms with Gasteiger partial charge in [0.05, 0.1) is 14.7 Å². The highest BCUT2D eigenvalue weighted by Crippen LogP contribution is 2.29. The van der Waals surface area contributed by atoms with Crippen LogP contribution in [0.4, 0.5) is 10.5 Å². The summed E-state index contributed by atoms with van der Waals surface area (Å²) in [5.41, 5.74) is 2.36. The smallest absolute Gasteiger partial charge is 0.411 e. The second kappa shape index (κ2) is 8.51. The van der Waals surface area contributed by atoms with Gasteiger partial charge in [-0.1, -0.05) is 12.1 Å². The first kappa shape index (κ1) is 19.3. The van der Waals surface area contributed by atoms with Gasteiger partial charge < -0.3 is 14.6 Å². The lowest BCUT2D eigenvalue weighted by Gasteiger charge is -2.12. The lowest BCUT2D eigenvalue weighted by atomic mass is 10.2. The summed E-state index contributed by atoms with van der Waals surface area (Å²) >= 11 is 5.03. The van der Waals surface area contributed by atoms with E-state index in [4.69, 9.17) is 14.6 Å². The largest absolute Gasteiger partial charge is 0.466 e. The van der Waals surface area contributed by atoms with Crippen LogP contribution in [-0.4, -0.2) is 37.1 Å². The third kappa shape index (κ3) is 4.65. The molecule has 3 rings (SSSR count). The molecule has 8 heteroatoms. The number of ether oxygens (including phenoxy) is 2. The average Bonchev–Trinajstić information content (AvgIpc) is 3.07. The number of hydrogen-bond donors (Lipinski definition) is 1. The number of rotatable bonds is 6. The van der Waals surface area contributed by atoms with E-state index < -0.39 is 6.09 Å². The predicted octanol–water partition coefficient (Wildman–Crippen LogP) is 5.33. The Morgan fingerprint density at radius 3 is 2.81 bits per heavy atom. The molecule has 0 spiro atoms. The zero-order chi connectivity index (χ0) is 19.4. The molecule has 0 aliphatic rings. The van der Waals surface area contributed by atoms with Gasteiger partial charge in [-0.3, -0.25) is 4.90 Å². The van der Waals surface area contributed by atoms with Crippen LogP contribution in [0.2, 0.25) is 0 Å². The maximum absolute atomic E-state index is 11.1. The molecule has 1 amide bonds. The highest BCUT2D eigenvalue weighted by Gasteiger charge is 2.10. The summed E-state index contributed by atoms with van der Waals surface area (Å²) in [6, 6.07) is 11.2. The van der Waals surface area contributed by atoms with E-state index in [0.717, 1.165) is 25.3 Å². The first-order valence-electron chi connectivity index (χ1n) is 7.94. The third-order valence-electron chi connectivity index (χ3n) is 3.77. The van der Waals surface area contributed by atoms with E-state index >= 15 is 0 Å². The van der Waals surface area contributed by atoms with Crippen molar-refractivity contribution in [2.24, 2.45) is 0 Å². The monoisotopic (exact) mass is 448 g/mol. The summed E-state index contributed by atoms with van der Waals surface area (Å²) in [6.07, 6.45) is 2.89. The summed E-state index contributed by atoms with van der Waals surface area (Å²) in [5.74, 6) is 0.712. The molecule has 0 fully saturated rings. The normalized spacial score (nSPS) is 11.2. The van der Waals surface area contributed by atoms with Gasteiger partial charge in [-0.05, 0) is 57.9 Å². The second-order valence-electron chi connectivity index (χ2n) is 5.62. The van der Waals surface area contributed by atoms with Crippen molar-refractivity contribution in [1.82, 2.24) is 4.98 Å². The SMILES string of the molecule is COCOc1ccc(/C=C/c2nc3cc(N(C)C(=O)O)ccc3s2)cc1Br. The van der Waals surface area contributed by atoms with Crippen molar-refractivity contribution in [3.05, 3.63) is 51.4 Å². The minimum atomic E-state index is -1.01. The van der Waals surface area contributed by atoms with Gasteiger partial charge in [0.15, 0.2) is 6.79 Å². The molecule has 0 aliphatic carbocycles. The molecular formula is C19H17BrN2O4S. The summed E-state index contributed by atoms with van der Waals surface area (Å²) in [6.45, 7) is 0.193. The molecule has 0 aliphatic heterocycles. The molecule has 0 saturated carbocycles. The molecule has 0 bridgehead atoms. The molecule has 140 valence electrons. The minimum Gasteiger partial charge on any atom is -0.466 e. The van der Waals surface area contributed by atoms with E-state index in [1.165, 1.54) is 11.9 Å². The van der Waals surface area contributed by atoms with Crippen LogP contribution in [0.3, 0.4) is 0 Å². The van der Waals surface area contributed by atoms with E-state index in [2.05, 4.69) is 20.9 Å². The van der Waals surface area contributed by atoms with Gasteiger partial charge in [-0.25, -0.2) is 9.78 Å². The maximum atomic E-state index is 11.1. The van der Waals surface area contributed by atoms with Gasteiger partial charge in [0, 0.05) is 19.8 Å². The van der Waals surface area contributed by atoms with Crippen LogP contribution in [0.25, 0.3) is 22.4 Å². The molecule has 0 radical (unpaired) electrons. The Balaban J connectivity index is 1.80. The molecule has 1 aromatic heterocycles. The fraction of sp³-hybridized carbons (Fsp3) is 0.158. The molecule has 3 aromatic rings. The van der Waals surface area contributed by atoms with Crippen molar-refractivity contribution in [3.63, 3.8) is 0 Å². The average molecular weight is 449 g/mol. The van der Waals surface area contributed by atoms with Gasteiger partial charge in [0.2, 0.25) is 0 Å². The summed E-state index contributed by atoms with van der Waals surface area (Å²) < 4.78 is 12.2. The number of nitrogens with zero attached hydrogens (tertiary/aromatic N) is 2. The molecule has 1 heterocycles. The Labute approximate surface area is 168 Å². The Hall–Kier alpha value is -2.42. The number of amides is 1. The maximum Gasteiger partial charge on any atom is 0.411 e. The number of thiazole rings is 1. The topological polar surface area (TPSA) is 71.9 Å². The highest BCUT2D eigenvalue weighted by atomic mass is 79.9. The van der Waals surface area contributed by atoms with E-state index in [9.17, 15) is 4.79 Å². The van der Waals surface area contributed by atoms with E-state index in [1.807, 2.05) is 36.4 Å². The standard InChI is InChI=1S/C19H17BrN2O4S/c1-22(19(23)24)13-5-7-17-15(10-13)21-18(27-17)8-4-12-3-6-16(14(20)9-12)26-11-25-2/h3-10H,11H2,1-2H3,(H,23,24)/b8-4+. The van der Waals surface area contributed by atoms with Crippen molar-refractivity contribution in [3.8, 4) is 5.75 Å². The van der Waals surface area contributed by atoms with E-state index in [0.29, 0.717) is 11.4 Å². The van der Waals surface area contributed by atoms with Crippen LogP contribution in [-0.2, 0) is 4.74 Å². The summed E-state index contributed by atoms with van der Waals surface area (Å²) in [7, 11) is 3.08. The van der Waals surface area contributed by atoms with E-state index in [-0.39, 0.29) is 6.79 Å². The molecule has 6 nitrogen and oxygen atoms in total. The van der Waals surface area contributed by atoms with Gasteiger partial charge in [-0.2, -0.15) is 0 Å². The summed E-state index contributed by atoms with van der Waals surface area (Å²) in [5, 5.41) is 9.93. The third-order valence-corrected chi connectivity index (χ3v) is 5.39. The Morgan fingerprint density at radius 1 is 1.30 bits per heavy atom. The number of aromatic nitrogens is 1. The van der Waals surface area contributed by atoms with Crippen molar-refractivity contribution in [2.45, 2.75) is 0 Å². The number of hydrogen-bond acceptors (Lipinski definition) is 5. The van der Waals surface area contributed by atoms with Crippen LogP contribution in [0.5, 0.6) is 5.75 Å². The first-order chi connectivity index (χ1) is 13.0. The van der Waals surface area contributed by atoms with Crippen LogP contribution >= 0.6 is 27.3 Å². The Kier molecular flexibility index (Phi) is 6.10. The van der Waals surface area contributed by atoms with Crippen LogP contribution in [0.15, 0.2) is 40.9 Å². The number of anilines is 1. The number of carbonyl (C=O) groups is 1. The predicted molar refractivity (Wildman–Crippen MR) is 112 cm³/mol. The van der Waals surface area contributed by atoms with Gasteiger partial charge >= 0.3 is 6.09 Å². The zero-order valence-electron chi connectivity index (χ0n) is 14.7. The lowest BCUT2D eigenvalue weighted by Crippen LogP contribution is -2.23. The van der Waals surface area contributed by atoms with E-state index in [1.54, 1.807) is 30.6 Å². The van der Waals surface area contributed by atoms with Crippen molar-refractivity contribution in [1.29, 1.82) is 0 Å². The fourth-order valence-corrected chi connectivity index (χ4v) is 3.71. The number of carboxylic acid groups (broad SMARTS) is 1. The fourth-order valence-electron chi connectivity index (χ4n) is 2.35. The molecule has 1 N–H and O–H groups in total. The second-order valence-corrected chi connectivity index (χ2v) is 7.54. The first-order valence-corrected chi connectivity index (χ1v) is 9.55. The quantitative estimate of drug-likeness (QED) is 0.516. The molecule has 0 saturated heterocycles. The number of methoxy groups -OCH3 is 1. The van der Waals surface area contributed by atoms with Gasteiger partial charge in [0.1, 0.15) is 10.8 Å². The van der Waals surface area contributed by atoms with Crippen LogP contribution in [0, 0.1) is 0 Å². The van der Waals surface area contributed by atoms with Crippen molar-refractivity contribution >= 4 is 61.4 Å². The molecule has 0 atom stereocenters. The molecular weight excluding hydrogens is 432 g/mol. The molecule has 0 unspecified atom stereocenters. The molecule has 27 heavy (non-hydrogen) atoms. The Bertz CT molecular complexity index is 1000. The van der Waals surface area contributed by atoms with Crippen molar-refractivity contribution in [2.75, 3.05) is 25.9 Å². The number of halogens is 1. The van der Waals surface area contributed by atoms with Gasteiger partial charge in [0.25, 0.3) is 0 Å². The highest BCUT2D eigenvalue weighted by molar-refractivity contribution is 9.10. The van der Waals surface area contributed by atoms with Crippen LogP contribution < -0.4 is 9.64 Å². The van der Waals surface area contributed by atoms with Crippen molar-refractivity contribution < 1.29 is 19.4 Å². The molecule has 2 aromatic carbocycles. The Morgan fingerprint density at radius 2 is 2.11 bits per heavy atom. The zero-order valence-corrected chi connectivity index (χ0v) is 17.1. The number of benzene rings is 2.